The summed E-state index contributed by atoms with van der Waals surface area (Å²) in [6.45, 7) is 0. The highest BCUT2D eigenvalue weighted by Crippen LogP contribution is 2.17. The molecule has 1 aromatic carbocycles. The highest BCUT2D eigenvalue weighted by atomic mass is 32.2. The molecule has 1 rings (SSSR count). The van der Waals surface area contributed by atoms with Gasteiger partial charge in [0.25, 0.3) is 0 Å². The normalized spacial score (nSPS) is 11.0. The molecule has 0 unspecified atom stereocenters. The summed E-state index contributed by atoms with van der Waals surface area (Å²) < 4.78 is 23.9. The van der Waals surface area contributed by atoms with Gasteiger partial charge in [0.1, 0.15) is 5.75 Å². The van der Waals surface area contributed by atoms with Crippen molar-refractivity contribution in [1.82, 2.24) is 4.90 Å². The molecular formula is C11H13NO5S. The number of benzene rings is 1. The molecule has 0 aliphatic carbocycles. The Morgan fingerprint density at radius 1 is 1.22 bits per heavy atom. The second-order valence-electron chi connectivity index (χ2n) is 3.85. The molecule has 0 saturated heterocycles. The van der Waals surface area contributed by atoms with E-state index in [1.54, 1.807) is 0 Å². The summed E-state index contributed by atoms with van der Waals surface area (Å²) in [6, 6.07) is 5.22. The zero-order chi connectivity index (χ0) is 13.9. The summed E-state index contributed by atoms with van der Waals surface area (Å²) in [5, 5.41) is 8.91. The van der Waals surface area contributed by atoms with Gasteiger partial charge in [-0.25, -0.2) is 13.2 Å². The molecule has 0 spiro atoms. The Bertz CT molecular complexity index is 577. The Labute approximate surface area is 105 Å². The molecular weight excluding hydrogens is 258 g/mol. The van der Waals surface area contributed by atoms with E-state index in [1.165, 1.54) is 38.4 Å². The fourth-order valence-corrected chi connectivity index (χ4v) is 2.80. The standard InChI is InChI=1S/C11H13NO5S/c1-12(2)10(13)7-18(16,17)9-6-4-3-5-8(9)11(14)15/h3-6H,7H2,1-2H3,(H,14,15). The monoisotopic (exact) mass is 271 g/mol. The number of hydrogen-bond acceptors (Lipinski definition) is 4. The minimum atomic E-state index is -3.95. The van der Waals surface area contributed by atoms with Crippen LogP contribution in [0.2, 0.25) is 0 Å². The Morgan fingerprint density at radius 2 is 1.78 bits per heavy atom. The summed E-state index contributed by atoms with van der Waals surface area (Å²) in [7, 11) is -1.09. The van der Waals surface area contributed by atoms with Gasteiger partial charge in [0, 0.05) is 14.1 Å². The lowest BCUT2D eigenvalue weighted by Crippen LogP contribution is -2.29. The van der Waals surface area contributed by atoms with E-state index in [1.807, 2.05) is 0 Å². The average molecular weight is 271 g/mol. The highest BCUT2D eigenvalue weighted by Gasteiger charge is 2.25. The first kappa shape index (κ1) is 14.2. The lowest BCUT2D eigenvalue weighted by molar-refractivity contribution is -0.125. The van der Waals surface area contributed by atoms with Gasteiger partial charge in [-0.1, -0.05) is 12.1 Å². The second-order valence-corrected chi connectivity index (χ2v) is 5.81. The number of carbonyl (C=O) groups is 2. The molecule has 0 aromatic heterocycles. The van der Waals surface area contributed by atoms with Gasteiger partial charge in [0.2, 0.25) is 5.91 Å². The van der Waals surface area contributed by atoms with Gasteiger partial charge in [0.05, 0.1) is 10.5 Å². The van der Waals surface area contributed by atoms with Gasteiger partial charge in [-0.3, -0.25) is 4.79 Å². The first-order valence-electron chi connectivity index (χ1n) is 5.01. The van der Waals surface area contributed by atoms with E-state index in [2.05, 4.69) is 0 Å². The Kier molecular flexibility index (Phi) is 4.07. The van der Waals surface area contributed by atoms with E-state index in [0.29, 0.717) is 0 Å². The molecule has 7 heteroatoms. The van der Waals surface area contributed by atoms with Gasteiger partial charge in [-0.2, -0.15) is 0 Å². The molecule has 0 aliphatic heterocycles. The molecule has 0 atom stereocenters. The molecule has 0 heterocycles. The van der Waals surface area contributed by atoms with Crippen molar-refractivity contribution in [1.29, 1.82) is 0 Å². The fourth-order valence-electron chi connectivity index (χ4n) is 1.28. The van der Waals surface area contributed by atoms with Crippen LogP contribution in [0.1, 0.15) is 10.4 Å². The maximum absolute atomic E-state index is 12.0. The smallest absolute Gasteiger partial charge is 0.337 e. The number of rotatable bonds is 4. The lowest BCUT2D eigenvalue weighted by atomic mass is 10.2. The third-order valence-electron chi connectivity index (χ3n) is 2.26. The summed E-state index contributed by atoms with van der Waals surface area (Å²) in [5.74, 6) is -2.69. The van der Waals surface area contributed by atoms with E-state index >= 15 is 0 Å². The predicted molar refractivity (Wildman–Crippen MR) is 64.1 cm³/mol. The van der Waals surface area contributed by atoms with Crippen molar-refractivity contribution < 1.29 is 23.1 Å². The van der Waals surface area contributed by atoms with E-state index in [0.717, 1.165) is 4.90 Å². The molecule has 1 amide bonds. The third-order valence-corrected chi connectivity index (χ3v) is 3.92. The minimum absolute atomic E-state index is 0.330. The molecule has 6 nitrogen and oxygen atoms in total. The summed E-state index contributed by atoms with van der Waals surface area (Å²) in [6.07, 6.45) is 0. The van der Waals surface area contributed by atoms with Gasteiger partial charge < -0.3 is 10.0 Å². The van der Waals surface area contributed by atoms with Crippen LogP contribution in [0.3, 0.4) is 0 Å². The lowest BCUT2D eigenvalue weighted by Gasteiger charge is -2.11. The number of aromatic carboxylic acids is 1. The molecule has 0 fully saturated rings. The number of sulfone groups is 1. The van der Waals surface area contributed by atoms with E-state index in [-0.39, 0.29) is 10.5 Å². The number of carboxylic acid groups (broad SMARTS) is 1. The molecule has 0 aliphatic rings. The molecule has 1 aromatic rings. The number of carbonyl (C=O) groups excluding carboxylic acids is 1. The van der Waals surface area contributed by atoms with Crippen molar-refractivity contribution in [2.75, 3.05) is 19.8 Å². The van der Waals surface area contributed by atoms with E-state index in [4.69, 9.17) is 5.11 Å². The average Bonchev–Trinajstić information content (AvgIpc) is 2.28. The van der Waals surface area contributed by atoms with Crippen LogP contribution in [-0.2, 0) is 14.6 Å². The topological polar surface area (TPSA) is 91.8 Å². The van der Waals surface area contributed by atoms with Crippen LogP contribution in [-0.4, -0.2) is 50.1 Å². The maximum Gasteiger partial charge on any atom is 0.337 e. The SMILES string of the molecule is CN(C)C(=O)CS(=O)(=O)c1ccccc1C(=O)O. The van der Waals surface area contributed by atoms with E-state index < -0.39 is 27.5 Å². The van der Waals surface area contributed by atoms with Crippen LogP contribution in [0.4, 0.5) is 0 Å². The van der Waals surface area contributed by atoms with Crippen LogP contribution >= 0.6 is 0 Å². The molecule has 0 radical (unpaired) electrons. The van der Waals surface area contributed by atoms with Crippen LogP contribution in [0.25, 0.3) is 0 Å². The number of nitrogens with zero attached hydrogens (tertiary/aromatic N) is 1. The van der Waals surface area contributed by atoms with Crippen molar-refractivity contribution in [3.8, 4) is 0 Å². The van der Waals surface area contributed by atoms with Crippen LogP contribution in [0.15, 0.2) is 29.2 Å². The maximum atomic E-state index is 12.0. The molecule has 1 N–H and O–H groups in total. The predicted octanol–water partition coefficient (Wildman–Crippen LogP) is 0.247. The largest absolute Gasteiger partial charge is 0.478 e. The summed E-state index contributed by atoms with van der Waals surface area (Å²) in [4.78, 5) is 23.1. The molecule has 98 valence electrons. The van der Waals surface area contributed by atoms with Crippen LogP contribution in [0.5, 0.6) is 0 Å². The Morgan fingerprint density at radius 3 is 2.28 bits per heavy atom. The molecule has 0 bridgehead atoms. The third kappa shape index (κ3) is 3.07. The van der Waals surface area contributed by atoms with Gasteiger partial charge in [-0.05, 0) is 12.1 Å². The minimum Gasteiger partial charge on any atom is -0.478 e. The number of hydrogen-bond donors (Lipinski definition) is 1. The first-order chi connectivity index (χ1) is 8.25. The quantitative estimate of drug-likeness (QED) is 0.847. The van der Waals surface area contributed by atoms with Crippen LogP contribution in [0, 0.1) is 0 Å². The van der Waals surface area contributed by atoms with Crippen molar-refractivity contribution in [2.24, 2.45) is 0 Å². The Balaban J connectivity index is 3.21. The fraction of sp³-hybridized carbons (Fsp3) is 0.273. The van der Waals surface area contributed by atoms with Crippen molar-refractivity contribution >= 4 is 21.7 Å². The van der Waals surface area contributed by atoms with Crippen LogP contribution < -0.4 is 0 Å². The summed E-state index contributed by atoms with van der Waals surface area (Å²) in [5.41, 5.74) is -0.330. The number of carboxylic acids is 1. The number of amides is 1. The zero-order valence-corrected chi connectivity index (χ0v) is 10.8. The zero-order valence-electron chi connectivity index (χ0n) is 9.95. The highest BCUT2D eigenvalue weighted by molar-refractivity contribution is 7.92. The van der Waals surface area contributed by atoms with Crippen molar-refractivity contribution in [3.63, 3.8) is 0 Å². The molecule has 18 heavy (non-hydrogen) atoms. The molecule has 0 saturated carbocycles. The first-order valence-corrected chi connectivity index (χ1v) is 6.66. The second kappa shape index (κ2) is 5.18. The van der Waals surface area contributed by atoms with E-state index in [9.17, 15) is 18.0 Å². The van der Waals surface area contributed by atoms with Crippen molar-refractivity contribution in [2.45, 2.75) is 4.90 Å². The van der Waals surface area contributed by atoms with Gasteiger partial charge in [-0.15, -0.1) is 0 Å². The van der Waals surface area contributed by atoms with Crippen molar-refractivity contribution in [3.05, 3.63) is 29.8 Å². The van der Waals surface area contributed by atoms with Gasteiger partial charge in [0.15, 0.2) is 9.84 Å². The van der Waals surface area contributed by atoms with Gasteiger partial charge >= 0.3 is 5.97 Å². The summed E-state index contributed by atoms with van der Waals surface area (Å²) >= 11 is 0. The Hall–Kier alpha value is -1.89.